The number of rotatable bonds is 3. The van der Waals surface area contributed by atoms with E-state index in [2.05, 4.69) is 42.3 Å². The molecule has 2 atom stereocenters. The minimum Gasteiger partial charge on any atom is -0.750 e. The van der Waals surface area contributed by atoms with Gasteiger partial charge in [-0.05, 0) is 0 Å². The van der Waals surface area contributed by atoms with Crippen LogP contribution in [0.3, 0.4) is 0 Å². The van der Waals surface area contributed by atoms with Gasteiger partial charge in [-0.3, -0.25) is 0 Å². The Morgan fingerprint density at radius 3 is 0.944 bits per heavy atom. The second-order valence-corrected chi connectivity index (χ2v) is 6.33. The molecule has 10 heteroatoms. The van der Waals surface area contributed by atoms with E-state index in [1.54, 1.807) is 0 Å². The van der Waals surface area contributed by atoms with Crippen LogP contribution in [-0.4, -0.2) is 91.0 Å². The molecule has 0 aromatic carbocycles. The molecule has 18 heavy (non-hydrogen) atoms. The van der Waals surface area contributed by atoms with Crippen molar-refractivity contribution < 1.29 is 35.6 Å². The highest BCUT2D eigenvalue weighted by Gasteiger charge is 2.13. The molecule has 0 aromatic heterocycles. The fourth-order valence-electron chi connectivity index (χ4n) is 0.600. The summed E-state index contributed by atoms with van der Waals surface area (Å²) in [6.45, 7) is 2.48. The molecular formula is C8H24N2O6S2. The number of hydrogen-bond acceptors (Lipinski definition) is 4. The topological polar surface area (TPSA) is 121 Å². The largest absolute Gasteiger partial charge is 0.750 e. The molecule has 0 aromatic rings. The molecule has 0 heterocycles. The average molecular weight is 308 g/mol. The SMILES string of the molecule is C[N+](C)(C)CC[N+](C)(C)C.O=S([O-])O.O=S([O-])O. The first-order valence-electron chi connectivity index (χ1n) is 4.85. The lowest BCUT2D eigenvalue weighted by Gasteiger charge is -2.30. The van der Waals surface area contributed by atoms with E-state index < -0.39 is 22.7 Å². The fourth-order valence-corrected chi connectivity index (χ4v) is 0.600. The number of nitrogens with zero attached hydrogens (tertiary/aromatic N) is 2. The van der Waals surface area contributed by atoms with E-state index in [0.29, 0.717) is 0 Å². The number of likely N-dealkylation sites (N-methyl/N-ethyl adjacent to an activating group) is 2. The van der Waals surface area contributed by atoms with Gasteiger partial charge >= 0.3 is 0 Å². The molecule has 0 bridgehead atoms. The van der Waals surface area contributed by atoms with Gasteiger partial charge in [0.25, 0.3) is 0 Å². The Morgan fingerprint density at radius 1 is 0.778 bits per heavy atom. The van der Waals surface area contributed by atoms with Crippen molar-refractivity contribution in [3.8, 4) is 0 Å². The molecule has 0 amide bonds. The van der Waals surface area contributed by atoms with Crippen molar-refractivity contribution in [3.63, 3.8) is 0 Å². The lowest BCUT2D eigenvalue weighted by atomic mass is 10.4. The lowest BCUT2D eigenvalue weighted by Crippen LogP contribution is -2.46. The zero-order chi connectivity index (χ0) is 15.6. The third kappa shape index (κ3) is 73.1. The summed E-state index contributed by atoms with van der Waals surface area (Å²) < 4.78 is 50.3. The van der Waals surface area contributed by atoms with Crippen molar-refractivity contribution in [3.05, 3.63) is 0 Å². The van der Waals surface area contributed by atoms with E-state index in [-0.39, 0.29) is 0 Å². The molecule has 2 unspecified atom stereocenters. The summed E-state index contributed by atoms with van der Waals surface area (Å²) in [5.41, 5.74) is 0. The van der Waals surface area contributed by atoms with Crippen LogP contribution in [0.4, 0.5) is 0 Å². The van der Waals surface area contributed by atoms with E-state index in [1.165, 1.54) is 13.1 Å². The maximum absolute atomic E-state index is 8.56. The van der Waals surface area contributed by atoms with Gasteiger partial charge in [0.05, 0.1) is 65.0 Å². The molecule has 0 fully saturated rings. The molecule has 0 aliphatic heterocycles. The Bertz CT molecular complexity index is 215. The summed E-state index contributed by atoms with van der Waals surface area (Å²) in [6.07, 6.45) is 0. The molecule has 0 saturated heterocycles. The van der Waals surface area contributed by atoms with Crippen LogP contribution in [-0.2, 0) is 22.7 Å². The Labute approximate surface area is 114 Å². The normalized spacial score (nSPS) is 14.6. The smallest absolute Gasteiger partial charge is 0.128 e. The molecule has 0 aliphatic rings. The minimum absolute atomic E-state index is 1.06. The van der Waals surface area contributed by atoms with Crippen LogP contribution < -0.4 is 0 Å². The standard InChI is InChI=1S/C8H22N2.2H2O3S/c1-9(2,3)7-8-10(4,5)6;2*1-4(2)3/h7-8H2,1-6H3;2*(H2,1,2,3)/q+2;;/p-2. The van der Waals surface area contributed by atoms with E-state index in [4.69, 9.17) is 26.6 Å². The van der Waals surface area contributed by atoms with Gasteiger partial charge in [0.2, 0.25) is 0 Å². The van der Waals surface area contributed by atoms with Gasteiger partial charge in [-0.1, -0.05) is 0 Å². The molecule has 0 rings (SSSR count). The first-order valence-corrected chi connectivity index (χ1v) is 6.91. The van der Waals surface area contributed by atoms with E-state index in [0.717, 1.165) is 8.97 Å². The first kappa shape index (κ1) is 23.2. The molecule has 8 nitrogen and oxygen atoms in total. The second-order valence-electron chi connectivity index (χ2n) is 5.46. The summed E-state index contributed by atoms with van der Waals surface area (Å²) in [5.74, 6) is 0. The lowest BCUT2D eigenvalue weighted by molar-refractivity contribution is -0.927. The number of hydrogen-bond donors (Lipinski definition) is 2. The van der Waals surface area contributed by atoms with Crippen LogP contribution in [0.2, 0.25) is 0 Å². The summed E-state index contributed by atoms with van der Waals surface area (Å²) in [4.78, 5) is 0. The van der Waals surface area contributed by atoms with Crippen LogP contribution in [0, 0.1) is 0 Å². The Morgan fingerprint density at radius 2 is 0.889 bits per heavy atom. The van der Waals surface area contributed by atoms with Crippen LogP contribution in [0.1, 0.15) is 0 Å². The molecule has 114 valence electrons. The van der Waals surface area contributed by atoms with E-state index in [1.807, 2.05) is 0 Å². The van der Waals surface area contributed by atoms with Crippen molar-refractivity contribution in [1.82, 2.24) is 0 Å². The zero-order valence-corrected chi connectivity index (χ0v) is 13.3. The van der Waals surface area contributed by atoms with Gasteiger partial charge < -0.3 is 27.2 Å². The van der Waals surface area contributed by atoms with Crippen molar-refractivity contribution >= 4 is 22.7 Å². The van der Waals surface area contributed by atoms with Crippen LogP contribution in [0.5, 0.6) is 0 Å². The predicted molar refractivity (Wildman–Crippen MR) is 68.9 cm³/mol. The molecule has 0 aliphatic carbocycles. The highest BCUT2D eigenvalue weighted by Crippen LogP contribution is 1.94. The van der Waals surface area contributed by atoms with Crippen LogP contribution in [0.25, 0.3) is 0 Å². The molecule has 0 saturated carbocycles. The summed E-state index contributed by atoms with van der Waals surface area (Å²) in [7, 11) is 13.4. The van der Waals surface area contributed by atoms with Crippen LogP contribution in [0.15, 0.2) is 0 Å². The maximum Gasteiger partial charge on any atom is 0.128 e. The van der Waals surface area contributed by atoms with Crippen molar-refractivity contribution in [2.75, 3.05) is 55.4 Å². The third-order valence-corrected chi connectivity index (χ3v) is 1.44. The van der Waals surface area contributed by atoms with E-state index >= 15 is 0 Å². The van der Waals surface area contributed by atoms with Crippen LogP contribution >= 0.6 is 0 Å². The quantitative estimate of drug-likeness (QED) is 0.513. The first-order chi connectivity index (χ1) is 7.67. The molecule has 0 spiro atoms. The van der Waals surface area contributed by atoms with Gasteiger partial charge in [0.1, 0.15) is 13.1 Å². The third-order valence-electron chi connectivity index (χ3n) is 1.44. The van der Waals surface area contributed by atoms with Crippen molar-refractivity contribution in [2.24, 2.45) is 0 Å². The highest BCUT2D eigenvalue weighted by molar-refractivity contribution is 7.73. The number of quaternary nitrogens is 2. The minimum atomic E-state index is -2.86. The zero-order valence-electron chi connectivity index (χ0n) is 11.7. The Balaban J connectivity index is -0.000000233. The summed E-state index contributed by atoms with van der Waals surface area (Å²) >= 11 is -5.72. The Hall–Kier alpha value is 0.0600. The van der Waals surface area contributed by atoms with Gasteiger partial charge in [0, 0.05) is 0 Å². The van der Waals surface area contributed by atoms with Gasteiger partial charge in [-0.15, -0.1) is 0 Å². The molecular weight excluding hydrogens is 284 g/mol. The molecule has 0 radical (unpaired) electrons. The highest BCUT2D eigenvalue weighted by atomic mass is 32.2. The summed E-state index contributed by atoms with van der Waals surface area (Å²) in [5, 5.41) is 0. The molecule has 2 N–H and O–H groups in total. The van der Waals surface area contributed by atoms with Crippen molar-refractivity contribution in [1.29, 1.82) is 0 Å². The predicted octanol–water partition coefficient (Wildman–Crippen LogP) is -0.924. The monoisotopic (exact) mass is 308 g/mol. The fraction of sp³-hybridized carbons (Fsp3) is 1.00. The van der Waals surface area contributed by atoms with Crippen molar-refractivity contribution in [2.45, 2.75) is 0 Å². The Kier molecular flexibility index (Phi) is 14.1. The summed E-state index contributed by atoms with van der Waals surface area (Å²) in [6, 6.07) is 0. The van der Waals surface area contributed by atoms with Gasteiger partial charge in [-0.25, -0.2) is 8.42 Å². The van der Waals surface area contributed by atoms with E-state index in [9.17, 15) is 0 Å². The van der Waals surface area contributed by atoms with Gasteiger partial charge in [-0.2, -0.15) is 0 Å². The average Bonchev–Trinajstić information content (AvgIpc) is 1.95. The van der Waals surface area contributed by atoms with Gasteiger partial charge in [0.15, 0.2) is 0 Å². The maximum atomic E-state index is 8.56. The second kappa shape index (κ2) is 10.9.